The number of nitrogens with zero attached hydrogens (tertiary/aromatic N) is 1. The van der Waals surface area contributed by atoms with Crippen molar-refractivity contribution in [3.05, 3.63) is 20.8 Å². The molecule has 104 valence electrons. The summed E-state index contributed by atoms with van der Waals surface area (Å²) in [6.45, 7) is 1.22. The molecule has 1 amide bonds. The summed E-state index contributed by atoms with van der Waals surface area (Å²) < 4.78 is 5.37. The van der Waals surface area contributed by atoms with E-state index >= 15 is 0 Å². The second kappa shape index (κ2) is 6.53. The summed E-state index contributed by atoms with van der Waals surface area (Å²) >= 11 is 0.968. The standard InChI is InChI=1S/C10H14N4O4S/c15-7(11-4-6-2-1-3-18-6)5-19-9-8(16)12-10(17)14-13-9/h6H,1-5H2,(H,11,15)(H2,12,14,16,17)/t6-/m0/s1. The Labute approximate surface area is 112 Å². The Morgan fingerprint density at radius 2 is 2.37 bits per heavy atom. The zero-order valence-electron chi connectivity index (χ0n) is 10.1. The minimum atomic E-state index is -0.669. The van der Waals surface area contributed by atoms with Crippen LogP contribution in [0.15, 0.2) is 14.6 Å². The van der Waals surface area contributed by atoms with Crippen molar-refractivity contribution in [3.8, 4) is 0 Å². The first-order valence-electron chi connectivity index (χ1n) is 5.85. The van der Waals surface area contributed by atoms with E-state index in [0.29, 0.717) is 6.54 Å². The Morgan fingerprint density at radius 1 is 1.53 bits per heavy atom. The highest BCUT2D eigenvalue weighted by Gasteiger charge is 2.16. The Balaban J connectivity index is 1.76. The minimum Gasteiger partial charge on any atom is -0.376 e. The van der Waals surface area contributed by atoms with E-state index in [1.165, 1.54) is 0 Å². The van der Waals surface area contributed by atoms with E-state index in [2.05, 4.69) is 15.5 Å². The van der Waals surface area contributed by atoms with Crippen LogP contribution in [0.5, 0.6) is 0 Å². The molecular formula is C10H14N4O4S. The number of rotatable bonds is 5. The number of hydrogen-bond acceptors (Lipinski definition) is 6. The summed E-state index contributed by atoms with van der Waals surface area (Å²) in [6.07, 6.45) is 2.06. The molecule has 1 aromatic heterocycles. The summed E-state index contributed by atoms with van der Waals surface area (Å²) in [5.41, 5.74) is -1.27. The molecule has 3 N–H and O–H groups in total. The lowest BCUT2D eigenvalue weighted by atomic mass is 10.2. The summed E-state index contributed by atoms with van der Waals surface area (Å²) in [6, 6.07) is 0. The van der Waals surface area contributed by atoms with E-state index in [1.807, 2.05) is 4.98 Å². The topological polar surface area (TPSA) is 117 Å². The van der Waals surface area contributed by atoms with Gasteiger partial charge in [-0.25, -0.2) is 9.89 Å². The first-order valence-corrected chi connectivity index (χ1v) is 6.84. The molecule has 2 heterocycles. The maximum absolute atomic E-state index is 11.6. The van der Waals surface area contributed by atoms with Gasteiger partial charge in [-0.3, -0.25) is 14.6 Å². The molecule has 1 fully saturated rings. The SMILES string of the molecule is O=C(CSc1n[nH]c(=O)[nH]c1=O)NC[C@@H]1CCCO1. The third-order valence-electron chi connectivity index (χ3n) is 2.57. The lowest BCUT2D eigenvalue weighted by Gasteiger charge is -2.10. The number of carbonyl (C=O) groups excluding carboxylic acids is 1. The van der Waals surface area contributed by atoms with E-state index in [1.54, 1.807) is 0 Å². The van der Waals surface area contributed by atoms with Crippen LogP contribution in [0.2, 0.25) is 0 Å². The van der Waals surface area contributed by atoms with Gasteiger partial charge in [-0.1, -0.05) is 11.8 Å². The number of hydrogen-bond donors (Lipinski definition) is 3. The van der Waals surface area contributed by atoms with Gasteiger partial charge in [0, 0.05) is 13.2 Å². The van der Waals surface area contributed by atoms with Gasteiger partial charge in [0.25, 0.3) is 5.56 Å². The molecule has 9 heteroatoms. The van der Waals surface area contributed by atoms with Crippen molar-refractivity contribution in [2.75, 3.05) is 18.9 Å². The van der Waals surface area contributed by atoms with Crippen molar-refractivity contribution in [1.29, 1.82) is 0 Å². The number of ether oxygens (including phenoxy) is 1. The third kappa shape index (κ3) is 4.21. The fourth-order valence-corrected chi connectivity index (χ4v) is 2.31. The fourth-order valence-electron chi connectivity index (χ4n) is 1.65. The molecule has 0 aromatic carbocycles. The van der Waals surface area contributed by atoms with Crippen LogP contribution >= 0.6 is 11.8 Å². The molecule has 0 unspecified atom stereocenters. The Bertz CT molecular complexity index is 549. The van der Waals surface area contributed by atoms with Gasteiger partial charge in [0.15, 0.2) is 5.03 Å². The second-order valence-electron chi connectivity index (χ2n) is 4.04. The smallest absolute Gasteiger partial charge is 0.342 e. The predicted octanol–water partition coefficient (Wildman–Crippen LogP) is -1.15. The summed E-state index contributed by atoms with van der Waals surface area (Å²) in [5.74, 6) is -0.137. The summed E-state index contributed by atoms with van der Waals surface area (Å²) in [4.78, 5) is 35.7. The van der Waals surface area contributed by atoms with Crippen molar-refractivity contribution >= 4 is 17.7 Å². The molecule has 0 spiro atoms. The van der Waals surface area contributed by atoms with Crippen molar-refractivity contribution in [2.45, 2.75) is 24.0 Å². The highest BCUT2D eigenvalue weighted by atomic mass is 32.2. The fraction of sp³-hybridized carbons (Fsp3) is 0.600. The Hall–Kier alpha value is -1.61. The average Bonchev–Trinajstić information content (AvgIpc) is 2.88. The molecule has 8 nitrogen and oxygen atoms in total. The maximum atomic E-state index is 11.6. The third-order valence-corrected chi connectivity index (χ3v) is 3.53. The molecule has 1 aliphatic rings. The summed E-state index contributed by atoms with van der Waals surface area (Å²) in [5, 5.41) is 8.46. The quantitative estimate of drug-likeness (QED) is 0.588. The molecule has 1 aliphatic heterocycles. The van der Waals surface area contributed by atoms with Gasteiger partial charge < -0.3 is 10.1 Å². The molecule has 0 bridgehead atoms. The monoisotopic (exact) mass is 286 g/mol. The number of carbonyl (C=O) groups is 1. The zero-order chi connectivity index (χ0) is 13.7. The molecule has 0 saturated carbocycles. The van der Waals surface area contributed by atoms with Gasteiger partial charge in [0.1, 0.15) is 0 Å². The van der Waals surface area contributed by atoms with Crippen LogP contribution in [0, 0.1) is 0 Å². The highest BCUT2D eigenvalue weighted by Crippen LogP contribution is 2.11. The van der Waals surface area contributed by atoms with Crippen LogP contribution in [0.25, 0.3) is 0 Å². The number of thioether (sulfide) groups is 1. The van der Waals surface area contributed by atoms with E-state index in [-0.39, 0.29) is 22.8 Å². The Morgan fingerprint density at radius 3 is 3.05 bits per heavy atom. The lowest BCUT2D eigenvalue weighted by molar-refractivity contribution is -0.119. The van der Waals surface area contributed by atoms with Crippen LogP contribution in [-0.2, 0) is 9.53 Å². The number of H-pyrrole nitrogens is 2. The first-order chi connectivity index (χ1) is 9.15. The molecule has 2 rings (SSSR count). The van der Waals surface area contributed by atoms with Crippen molar-refractivity contribution < 1.29 is 9.53 Å². The molecule has 0 aliphatic carbocycles. The number of aromatic amines is 2. The molecule has 1 atom stereocenters. The van der Waals surface area contributed by atoms with Crippen molar-refractivity contribution in [2.24, 2.45) is 0 Å². The van der Waals surface area contributed by atoms with Crippen LogP contribution in [0.3, 0.4) is 0 Å². The largest absolute Gasteiger partial charge is 0.376 e. The van der Waals surface area contributed by atoms with Crippen molar-refractivity contribution in [3.63, 3.8) is 0 Å². The normalized spacial score (nSPS) is 18.4. The van der Waals surface area contributed by atoms with Crippen molar-refractivity contribution in [1.82, 2.24) is 20.5 Å². The number of nitrogens with one attached hydrogen (secondary N) is 3. The van der Waals surface area contributed by atoms with Crippen LogP contribution < -0.4 is 16.6 Å². The van der Waals surface area contributed by atoms with Crippen LogP contribution in [0.4, 0.5) is 0 Å². The number of amides is 1. The summed E-state index contributed by atoms with van der Waals surface area (Å²) in [7, 11) is 0. The van der Waals surface area contributed by atoms with E-state index < -0.39 is 11.2 Å². The number of aromatic nitrogens is 3. The van der Waals surface area contributed by atoms with Gasteiger partial charge in [0.05, 0.1) is 11.9 Å². The minimum absolute atomic E-state index is 0.0619. The van der Waals surface area contributed by atoms with E-state index in [0.717, 1.165) is 31.2 Å². The first kappa shape index (κ1) is 13.8. The van der Waals surface area contributed by atoms with E-state index in [9.17, 15) is 14.4 Å². The molecule has 1 saturated heterocycles. The van der Waals surface area contributed by atoms with E-state index in [4.69, 9.17) is 4.74 Å². The molecular weight excluding hydrogens is 272 g/mol. The Kier molecular flexibility index (Phi) is 4.74. The molecule has 19 heavy (non-hydrogen) atoms. The van der Waals surface area contributed by atoms with Crippen LogP contribution in [-0.4, -0.2) is 46.1 Å². The predicted molar refractivity (Wildman–Crippen MR) is 68.2 cm³/mol. The van der Waals surface area contributed by atoms with Gasteiger partial charge in [-0.15, -0.1) is 0 Å². The van der Waals surface area contributed by atoms with Gasteiger partial charge in [-0.2, -0.15) is 5.10 Å². The molecule has 1 aromatic rings. The molecule has 0 radical (unpaired) electrons. The zero-order valence-corrected chi connectivity index (χ0v) is 10.9. The van der Waals surface area contributed by atoms with Gasteiger partial charge in [0.2, 0.25) is 5.91 Å². The lowest BCUT2D eigenvalue weighted by Crippen LogP contribution is -2.33. The maximum Gasteiger partial charge on any atom is 0.342 e. The van der Waals surface area contributed by atoms with Crippen LogP contribution in [0.1, 0.15) is 12.8 Å². The second-order valence-corrected chi connectivity index (χ2v) is 5.00. The highest BCUT2D eigenvalue weighted by molar-refractivity contribution is 7.99. The average molecular weight is 286 g/mol. The van der Waals surface area contributed by atoms with Gasteiger partial charge in [-0.05, 0) is 12.8 Å². The van der Waals surface area contributed by atoms with Gasteiger partial charge >= 0.3 is 5.69 Å².